The third kappa shape index (κ3) is 5.42. The van der Waals surface area contributed by atoms with Gasteiger partial charge in [0.2, 0.25) is 0 Å². The van der Waals surface area contributed by atoms with E-state index in [0.717, 1.165) is 19.5 Å². The van der Waals surface area contributed by atoms with E-state index in [1.807, 2.05) is 0 Å². The van der Waals surface area contributed by atoms with Crippen LogP contribution < -0.4 is 5.32 Å². The molecule has 0 bridgehead atoms. The molecule has 1 aliphatic heterocycles. The molecule has 1 saturated heterocycles. The molecule has 1 saturated carbocycles. The number of nitriles is 1. The molecule has 0 spiro atoms. The summed E-state index contributed by atoms with van der Waals surface area (Å²) in [7, 11) is 2.25. The van der Waals surface area contributed by atoms with Crippen molar-refractivity contribution in [1.29, 1.82) is 5.26 Å². The van der Waals surface area contributed by atoms with Gasteiger partial charge in [-0.05, 0) is 44.6 Å². The SMILES string of the molecule is CCC(CC)(CCC#N)CNCC1(N2CCN(C)CC2)CCCCC1. The van der Waals surface area contributed by atoms with E-state index in [-0.39, 0.29) is 0 Å². The molecule has 4 nitrogen and oxygen atoms in total. The summed E-state index contributed by atoms with van der Waals surface area (Å²) in [6.07, 6.45) is 10.9. The first kappa shape index (κ1) is 20.7. The highest BCUT2D eigenvalue weighted by molar-refractivity contribution is 4.97. The maximum atomic E-state index is 9.00. The van der Waals surface area contributed by atoms with Gasteiger partial charge in [0.25, 0.3) is 0 Å². The molecule has 0 aromatic heterocycles. The van der Waals surface area contributed by atoms with E-state index in [4.69, 9.17) is 5.26 Å². The highest BCUT2D eigenvalue weighted by Gasteiger charge is 2.39. The molecule has 25 heavy (non-hydrogen) atoms. The van der Waals surface area contributed by atoms with Gasteiger partial charge < -0.3 is 10.2 Å². The highest BCUT2D eigenvalue weighted by Crippen LogP contribution is 2.35. The van der Waals surface area contributed by atoms with E-state index in [1.54, 1.807) is 0 Å². The number of hydrogen-bond donors (Lipinski definition) is 1. The number of nitrogens with one attached hydrogen (secondary N) is 1. The Kier molecular flexibility index (Phi) is 8.19. The summed E-state index contributed by atoms with van der Waals surface area (Å²) < 4.78 is 0. The standard InChI is InChI=1S/C21H40N4/c1-4-20(5-2,10-9-13-22)18-23-19-21(11-7-6-8-12-21)25-16-14-24(3)15-17-25/h23H,4-12,14-19H2,1-3H3. The Hall–Kier alpha value is -0.630. The van der Waals surface area contributed by atoms with Gasteiger partial charge >= 0.3 is 0 Å². The number of nitrogens with zero attached hydrogens (tertiary/aromatic N) is 3. The number of likely N-dealkylation sites (N-methyl/N-ethyl adjacent to an activating group) is 1. The molecule has 144 valence electrons. The molecule has 2 fully saturated rings. The van der Waals surface area contributed by atoms with Crippen molar-refractivity contribution in [3.05, 3.63) is 0 Å². The molecule has 0 aromatic carbocycles. The quantitative estimate of drug-likeness (QED) is 0.691. The summed E-state index contributed by atoms with van der Waals surface area (Å²) in [5.41, 5.74) is 0.676. The maximum absolute atomic E-state index is 9.00. The molecular weight excluding hydrogens is 308 g/mol. The van der Waals surface area contributed by atoms with E-state index < -0.39 is 0 Å². The van der Waals surface area contributed by atoms with Gasteiger partial charge in [0.1, 0.15) is 0 Å². The van der Waals surface area contributed by atoms with Crippen molar-refractivity contribution in [2.24, 2.45) is 5.41 Å². The van der Waals surface area contributed by atoms with E-state index in [1.165, 1.54) is 71.1 Å². The smallest absolute Gasteiger partial charge is 0.0621 e. The van der Waals surface area contributed by atoms with Crippen LogP contribution in [0, 0.1) is 16.7 Å². The van der Waals surface area contributed by atoms with E-state index in [0.29, 0.717) is 17.4 Å². The van der Waals surface area contributed by atoms with E-state index in [2.05, 4.69) is 42.1 Å². The van der Waals surface area contributed by atoms with Crippen LogP contribution in [0.25, 0.3) is 0 Å². The lowest BCUT2D eigenvalue weighted by Gasteiger charge is -2.50. The topological polar surface area (TPSA) is 42.3 Å². The lowest BCUT2D eigenvalue weighted by Crippen LogP contribution is -2.61. The van der Waals surface area contributed by atoms with Gasteiger partial charge in [-0.3, -0.25) is 4.90 Å². The lowest BCUT2D eigenvalue weighted by atomic mass is 9.77. The fourth-order valence-electron chi connectivity index (χ4n) is 4.92. The Balaban J connectivity index is 1.96. The molecule has 0 unspecified atom stereocenters. The second-order valence-electron chi connectivity index (χ2n) is 8.54. The molecular formula is C21H40N4. The van der Waals surface area contributed by atoms with Gasteiger partial charge in [0.15, 0.2) is 0 Å². The minimum absolute atomic E-state index is 0.299. The lowest BCUT2D eigenvalue weighted by molar-refractivity contribution is 0.0117. The maximum Gasteiger partial charge on any atom is 0.0621 e. The highest BCUT2D eigenvalue weighted by atomic mass is 15.3. The van der Waals surface area contributed by atoms with Crippen LogP contribution in [0.2, 0.25) is 0 Å². The molecule has 1 N–H and O–H groups in total. The van der Waals surface area contributed by atoms with Crippen molar-refractivity contribution < 1.29 is 0 Å². The first-order valence-electron chi connectivity index (χ1n) is 10.6. The summed E-state index contributed by atoms with van der Waals surface area (Å²) in [4.78, 5) is 5.26. The van der Waals surface area contributed by atoms with Crippen molar-refractivity contribution in [2.45, 2.75) is 77.2 Å². The summed E-state index contributed by atoms with van der Waals surface area (Å²) in [6, 6.07) is 2.35. The average molecular weight is 349 g/mol. The molecule has 1 heterocycles. The minimum atomic E-state index is 0.299. The van der Waals surface area contributed by atoms with Gasteiger partial charge in [-0.25, -0.2) is 0 Å². The van der Waals surface area contributed by atoms with Crippen LogP contribution in [0.3, 0.4) is 0 Å². The van der Waals surface area contributed by atoms with Gasteiger partial charge in [-0.1, -0.05) is 33.1 Å². The molecule has 4 heteroatoms. The fourth-order valence-corrected chi connectivity index (χ4v) is 4.92. The van der Waals surface area contributed by atoms with Crippen molar-refractivity contribution in [1.82, 2.24) is 15.1 Å². The van der Waals surface area contributed by atoms with Crippen molar-refractivity contribution in [3.8, 4) is 6.07 Å². The zero-order valence-electron chi connectivity index (χ0n) is 16.9. The Bertz CT molecular complexity index is 410. The van der Waals surface area contributed by atoms with Gasteiger partial charge in [0, 0.05) is 51.2 Å². The van der Waals surface area contributed by atoms with Crippen molar-refractivity contribution >= 4 is 0 Å². The van der Waals surface area contributed by atoms with Crippen LogP contribution in [0.15, 0.2) is 0 Å². The predicted octanol–water partition coefficient (Wildman–Crippen LogP) is 3.64. The number of hydrogen-bond acceptors (Lipinski definition) is 4. The van der Waals surface area contributed by atoms with Crippen LogP contribution in [0.1, 0.15) is 71.6 Å². The predicted molar refractivity (Wildman–Crippen MR) is 106 cm³/mol. The Morgan fingerprint density at radius 3 is 2.24 bits per heavy atom. The third-order valence-corrected chi connectivity index (χ3v) is 7.18. The Morgan fingerprint density at radius 2 is 1.68 bits per heavy atom. The second kappa shape index (κ2) is 9.90. The van der Waals surface area contributed by atoms with Crippen LogP contribution in [0.4, 0.5) is 0 Å². The van der Waals surface area contributed by atoms with Crippen LogP contribution in [-0.2, 0) is 0 Å². The molecule has 2 aliphatic rings. The van der Waals surface area contributed by atoms with Crippen molar-refractivity contribution in [2.75, 3.05) is 46.3 Å². The molecule has 0 aromatic rings. The molecule has 0 atom stereocenters. The Labute approximate surface area is 155 Å². The molecule has 2 rings (SSSR count). The second-order valence-corrected chi connectivity index (χ2v) is 8.54. The van der Waals surface area contributed by atoms with Gasteiger partial charge in [-0.2, -0.15) is 5.26 Å². The normalized spacial score (nSPS) is 22.6. The van der Waals surface area contributed by atoms with Gasteiger partial charge in [-0.15, -0.1) is 0 Å². The zero-order chi connectivity index (χ0) is 18.2. The first-order valence-corrected chi connectivity index (χ1v) is 10.6. The fraction of sp³-hybridized carbons (Fsp3) is 0.952. The summed E-state index contributed by atoms with van der Waals surface area (Å²) in [5, 5.41) is 12.9. The molecule has 0 radical (unpaired) electrons. The van der Waals surface area contributed by atoms with Gasteiger partial charge in [0.05, 0.1) is 6.07 Å². The summed E-state index contributed by atoms with van der Waals surface area (Å²) >= 11 is 0. The van der Waals surface area contributed by atoms with E-state index in [9.17, 15) is 0 Å². The molecule has 1 aliphatic carbocycles. The van der Waals surface area contributed by atoms with Crippen LogP contribution in [-0.4, -0.2) is 61.7 Å². The monoisotopic (exact) mass is 348 g/mol. The summed E-state index contributed by atoms with van der Waals surface area (Å²) in [5.74, 6) is 0. The summed E-state index contributed by atoms with van der Waals surface area (Å²) in [6.45, 7) is 11.6. The Morgan fingerprint density at radius 1 is 1.04 bits per heavy atom. The largest absolute Gasteiger partial charge is 0.314 e. The average Bonchev–Trinajstić information content (AvgIpc) is 2.66. The molecule has 0 amide bonds. The van der Waals surface area contributed by atoms with Crippen LogP contribution >= 0.6 is 0 Å². The number of piperazine rings is 1. The first-order chi connectivity index (χ1) is 12.1. The number of rotatable bonds is 9. The van der Waals surface area contributed by atoms with E-state index >= 15 is 0 Å². The minimum Gasteiger partial charge on any atom is -0.314 e. The van der Waals surface area contributed by atoms with Crippen LogP contribution in [0.5, 0.6) is 0 Å². The zero-order valence-corrected chi connectivity index (χ0v) is 16.9. The van der Waals surface area contributed by atoms with Crippen molar-refractivity contribution in [3.63, 3.8) is 0 Å². The third-order valence-electron chi connectivity index (χ3n) is 7.18.